The number of alkyl carbamates (subject to hydrolysis) is 1. The van der Waals surface area contributed by atoms with Gasteiger partial charge in [-0.1, -0.05) is 0 Å². The highest BCUT2D eigenvalue weighted by molar-refractivity contribution is 5.69. The quantitative estimate of drug-likeness (QED) is 0.638. The molecule has 1 atom stereocenters. The number of rotatable bonds is 1. The van der Waals surface area contributed by atoms with Crippen molar-refractivity contribution in [3.63, 3.8) is 0 Å². The zero-order chi connectivity index (χ0) is 7.68. The number of oxazole rings is 1. The van der Waals surface area contributed by atoms with E-state index in [1.165, 1.54) is 12.6 Å². The minimum absolute atomic E-state index is 0.315. The first-order valence-corrected chi connectivity index (χ1v) is 3.19. The van der Waals surface area contributed by atoms with Gasteiger partial charge in [0.2, 0.25) is 0 Å². The van der Waals surface area contributed by atoms with Crippen molar-refractivity contribution in [2.75, 3.05) is 6.54 Å². The summed E-state index contributed by atoms with van der Waals surface area (Å²) in [5, 5.41) is 2.51. The second-order valence-electron chi connectivity index (χ2n) is 2.18. The molecule has 0 bridgehead atoms. The van der Waals surface area contributed by atoms with Crippen molar-refractivity contribution in [3.8, 4) is 0 Å². The van der Waals surface area contributed by atoms with E-state index in [1.54, 1.807) is 0 Å². The maximum atomic E-state index is 10.6. The van der Waals surface area contributed by atoms with Gasteiger partial charge in [-0.3, -0.25) is 0 Å². The smallest absolute Gasteiger partial charge is 0.408 e. The summed E-state index contributed by atoms with van der Waals surface area (Å²) in [6.45, 7) is 0.452. The molecule has 2 heterocycles. The summed E-state index contributed by atoms with van der Waals surface area (Å²) < 4.78 is 9.76. The van der Waals surface area contributed by atoms with E-state index in [4.69, 9.17) is 9.15 Å². The highest BCUT2D eigenvalue weighted by Gasteiger charge is 2.26. The molecule has 1 unspecified atom stereocenters. The van der Waals surface area contributed by atoms with Crippen molar-refractivity contribution in [1.29, 1.82) is 0 Å². The Balaban J connectivity index is 2.13. The van der Waals surface area contributed by atoms with Gasteiger partial charge in [0.15, 0.2) is 18.3 Å². The summed E-state index contributed by atoms with van der Waals surface area (Å²) >= 11 is 0. The SMILES string of the molecule is O=C1NCC(c2cnco2)O1. The van der Waals surface area contributed by atoms with Gasteiger partial charge in [0.1, 0.15) is 0 Å². The largest absolute Gasteiger partial charge is 0.444 e. The molecule has 1 aromatic heterocycles. The molecule has 11 heavy (non-hydrogen) atoms. The van der Waals surface area contributed by atoms with Gasteiger partial charge in [0.25, 0.3) is 0 Å². The number of nitrogens with zero attached hydrogens (tertiary/aromatic N) is 1. The lowest BCUT2D eigenvalue weighted by Crippen LogP contribution is -2.12. The summed E-state index contributed by atoms with van der Waals surface area (Å²) in [7, 11) is 0. The van der Waals surface area contributed by atoms with Crippen LogP contribution < -0.4 is 5.32 Å². The lowest BCUT2D eigenvalue weighted by atomic mass is 10.3. The summed E-state index contributed by atoms with van der Waals surface area (Å²) in [5.74, 6) is 0.573. The molecule has 0 spiro atoms. The number of aromatic nitrogens is 1. The second kappa shape index (κ2) is 2.26. The molecule has 0 radical (unpaired) electrons. The number of hydrogen-bond donors (Lipinski definition) is 1. The standard InChI is InChI=1S/C6H6N2O3/c9-6-8-2-5(11-6)4-1-7-3-10-4/h1,3,5H,2H2,(H,8,9). The molecule has 0 aromatic carbocycles. The number of carbonyl (C=O) groups excluding carboxylic acids is 1. The second-order valence-corrected chi connectivity index (χ2v) is 2.18. The number of ether oxygens (including phenoxy) is 1. The van der Waals surface area contributed by atoms with Crippen LogP contribution in [0.1, 0.15) is 11.9 Å². The van der Waals surface area contributed by atoms with Gasteiger partial charge in [-0.15, -0.1) is 0 Å². The summed E-state index contributed by atoms with van der Waals surface area (Å²) in [4.78, 5) is 14.3. The topological polar surface area (TPSA) is 64.4 Å². The molecule has 1 aliphatic heterocycles. The van der Waals surface area contributed by atoms with Crippen molar-refractivity contribution in [2.24, 2.45) is 0 Å². The Labute approximate surface area is 62.4 Å². The van der Waals surface area contributed by atoms with Gasteiger partial charge in [0, 0.05) is 0 Å². The number of amides is 1. The predicted octanol–water partition coefficient (Wildman–Crippen LogP) is 0.455. The summed E-state index contributed by atoms with van der Waals surface area (Å²) in [6.07, 6.45) is 2.11. The van der Waals surface area contributed by atoms with Gasteiger partial charge < -0.3 is 14.5 Å². The molecular formula is C6H6N2O3. The molecule has 0 aliphatic carbocycles. The van der Waals surface area contributed by atoms with Gasteiger partial charge in [-0.2, -0.15) is 0 Å². The number of nitrogens with one attached hydrogen (secondary N) is 1. The highest BCUT2D eigenvalue weighted by Crippen LogP contribution is 2.19. The Morgan fingerprint density at radius 3 is 3.18 bits per heavy atom. The van der Waals surface area contributed by atoms with Gasteiger partial charge in [-0.25, -0.2) is 9.78 Å². The molecule has 0 saturated carbocycles. The molecule has 1 N–H and O–H groups in total. The zero-order valence-electron chi connectivity index (χ0n) is 5.61. The van der Waals surface area contributed by atoms with Crippen LogP contribution in [0.2, 0.25) is 0 Å². The third-order valence-corrected chi connectivity index (χ3v) is 1.45. The maximum absolute atomic E-state index is 10.6. The van der Waals surface area contributed by atoms with E-state index in [0.717, 1.165) is 0 Å². The van der Waals surface area contributed by atoms with Crippen LogP contribution in [0.25, 0.3) is 0 Å². The molecule has 1 aliphatic rings. The van der Waals surface area contributed by atoms with Crippen molar-refractivity contribution in [1.82, 2.24) is 10.3 Å². The zero-order valence-corrected chi connectivity index (χ0v) is 5.61. The Bertz CT molecular complexity index is 257. The molecule has 5 nitrogen and oxygen atoms in total. The Kier molecular flexibility index (Phi) is 1.28. The van der Waals surface area contributed by atoms with Crippen LogP contribution in [0.3, 0.4) is 0 Å². The average Bonchev–Trinajstić information content (AvgIpc) is 2.55. The molecule has 1 amide bonds. The first kappa shape index (κ1) is 6.21. The third-order valence-electron chi connectivity index (χ3n) is 1.45. The van der Waals surface area contributed by atoms with E-state index in [1.807, 2.05) is 0 Å². The van der Waals surface area contributed by atoms with Crippen LogP contribution in [0, 0.1) is 0 Å². The summed E-state index contributed by atoms with van der Waals surface area (Å²) in [5.41, 5.74) is 0. The van der Waals surface area contributed by atoms with Crippen LogP contribution in [-0.2, 0) is 4.74 Å². The Morgan fingerprint density at radius 1 is 1.73 bits per heavy atom. The average molecular weight is 154 g/mol. The van der Waals surface area contributed by atoms with Crippen molar-refractivity contribution >= 4 is 6.09 Å². The van der Waals surface area contributed by atoms with Gasteiger partial charge in [0.05, 0.1) is 12.7 Å². The monoisotopic (exact) mass is 154 g/mol. The van der Waals surface area contributed by atoms with Crippen molar-refractivity contribution < 1.29 is 13.9 Å². The van der Waals surface area contributed by atoms with Crippen LogP contribution in [0.5, 0.6) is 0 Å². The van der Waals surface area contributed by atoms with Crippen molar-refractivity contribution in [2.45, 2.75) is 6.10 Å². The fourth-order valence-electron chi connectivity index (χ4n) is 0.932. The molecule has 5 heteroatoms. The number of cyclic esters (lactones) is 1. The van der Waals surface area contributed by atoms with E-state index in [0.29, 0.717) is 12.3 Å². The Morgan fingerprint density at radius 2 is 2.64 bits per heavy atom. The minimum atomic E-state index is -0.411. The van der Waals surface area contributed by atoms with Gasteiger partial charge >= 0.3 is 6.09 Å². The number of hydrogen-bond acceptors (Lipinski definition) is 4. The molecular weight excluding hydrogens is 148 g/mol. The van der Waals surface area contributed by atoms with E-state index in [2.05, 4.69) is 10.3 Å². The summed E-state index contributed by atoms with van der Waals surface area (Å²) in [6, 6.07) is 0. The normalized spacial score (nSPS) is 22.9. The molecule has 1 fully saturated rings. The van der Waals surface area contributed by atoms with Crippen LogP contribution in [-0.4, -0.2) is 17.6 Å². The van der Waals surface area contributed by atoms with E-state index < -0.39 is 6.09 Å². The first-order chi connectivity index (χ1) is 5.36. The van der Waals surface area contributed by atoms with E-state index in [-0.39, 0.29) is 6.10 Å². The van der Waals surface area contributed by atoms with E-state index >= 15 is 0 Å². The van der Waals surface area contributed by atoms with Crippen LogP contribution in [0.15, 0.2) is 17.0 Å². The first-order valence-electron chi connectivity index (χ1n) is 3.19. The lowest BCUT2D eigenvalue weighted by Gasteiger charge is -2.00. The maximum Gasteiger partial charge on any atom is 0.408 e. The third kappa shape index (κ3) is 1.04. The van der Waals surface area contributed by atoms with Crippen LogP contribution >= 0.6 is 0 Å². The molecule has 58 valence electrons. The molecule has 2 rings (SSSR count). The van der Waals surface area contributed by atoms with Crippen LogP contribution in [0.4, 0.5) is 4.79 Å². The molecule has 1 aromatic rings. The fourth-order valence-corrected chi connectivity index (χ4v) is 0.932. The lowest BCUT2D eigenvalue weighted by molar-refractivity contribution is 0.128. The number of carbonyl (C=O) groups is 1. The fraction of sp³-hybridized carbons (Fsp3) is 0.333. The van der Waals surface area contributed by atoms with E-state index in [9.17, 15) is 4.79 Å². The van der Waals surface area contributed by atoms with Gasteiger partial charge in [-0.05, 0) is 0 Å². The predicted molar refractivity (Wildman–Crippen MR) is 33.7 cm³/mol. The Hall–Kier alpha value is -1.52. The minimum Gasteiger partial charge on any atom is -0.444 e. The highest BCUT2D eigenvalue weighted by atomic mass is 16.6. The van der Waals surface area contributed by atoms with Crippen molar-refractivity contribution in [3.05, 3.63) is 18.4 Å². The molecule has 1 saturated heterocycles.